The summed E-state index contributed by atoms with van der Waals surface area (Å²) in [7, 11) is -3.34. The second-order valence-electron chi connectivity index (χ2n) is 4.31. The van der Waals surface area contributed by atoms with Gasteiger partial charge in [0.25, 0.3) is 0 Å². The summed E-state index contributed by atoms with van der Waals surface area (Å²) in [6, 6.07) is 1.72. The molecular formula is C11H16ClNO2S3. The molecule has 0 amide bonds. The zero-order valence-electron chi connectivity index (χ0n) is 10.3. The van der Waals surface area contributed by atoms with Crippen LogP contribution in [-0.4, -0.2) is 36.8 Å². The Morgan fingerprint density at radius 3 is 2.83 bits per heavy atom. The number of thiophene rings is 1. The van der Waals surface area contributed by atoms with Crippen LogP contribution in [0.1, 0.15) is 16.7 Å². The smallest absolute Gasteiger partial charge is 0.207 e. The number of hydrogen-bond acceptors (Lipinski definition) is 4. The van der Waals surface area contributed by atoms with E-state index in [0.717, 1.165) is 15.5 Å². The van der Waals surface area contributed by atoms with E-state index in [1.54, 1.807) is 10.4 Å². The van der Waals surface area contributed by atoms with E-state index < -0.39 is 10.0 Å². The Balaban J connectivity index is 2.32. The van der Waals surface area contributed by atoms with E-state index in [-0.39, 0.29) is 0 Å². The lowest BCUT2D eigenvalue weighted by Gasteiger charge is -2.29. The zero-order valence-corrected chi connectivity index (χ0v) is 13.6. The Morgan fingerprint density at radius 2 is 2.28 bits per heavy atom. The van der Waals surface area contributed by atoms with Gasteiger partial charge in [-0.2, -0.15) is 16.1 Å². The van der Waals surface area contributed by atoms with Crippen molar-refractivity contribution in [2.24, 2.45) is 0 Å². The predicted molar refractivity (Wildman–Crippen MR) is 79.3 cm³/mol. The first kappa shape index (κ1) is 14.7. The molecule has 0 bridgehead atoms. The normalized spacial score (nSPS) is 22.3. The summed E-state index contributed by atoms with van der Waals surface area (Å²) in [4.78, 5) is 2.17. The van der Waals surface area contributed by atoms with Crippen LogP contribution in [0, 0.1) is 6.92 Å². The van der Waals surface area contributed by atoms with Gasteiger partial charge in [0.2, 0.25) is 10.0 Å². The molecule has 0 saturated carbocycles. The minimum atomic E-state index is -3.34. The standard InChI is InChI=1S/C11H16ClNO2S3/c1-8-7-13(3-4-16-8)18(14,15)11-5-10(6-12)17-9(11)2/h5,8H,3-4,6-7H2,1-2H3. The number of rotatable bonds is 3. The van der Waals surface area contributed by atoms with E-state index in [0.29, 0.717) is 29.1 Å². The van der Waals surface area contributed by atoms with Gasteiger partial charge in [-0.3, -0.25) is 0 Å². The number of sulfonamides is 1. The molecule has 0 aliphatic carbocycles. The fourth-order valence-electron chi connectivity index (χ4n) is 1.99. The maximum Gasteiger partial charge on any atom is 0.244 e. The van der Waals surface area contributed by atoms with Crippen LogP contribution in [0.15, 0.2) is 11.0 Å². The molecule has 102 valence electrons. The highest BCUT2D eigenvalue weighted by molar-refractivity contribution is 8.00. The molecule has 1 aliphatic heterocycles. The predicted octanol–water partition coefficient (Wildman–Crippen LogP) is 2.92. The number of halogens is 1. The molecule has 1 aliphatic rings. The topological polar surface area (TPSA) is 37.4 Å². The van der Waals surface area contributed by atoms with Crippen LogP contribution in [0.4, 0.5) is 0 Å². The van der Waals surface area contributed by atoms with E-state index in [4.69, 9.17) is 11.6 Å². The lowest BCUT2D eigenvalue weighted by molar-refractivity contribution is 0.424. The minimum Gasteiger partial charge on any atom is -0.207 e. The summed E-state index contributed by atoms with van der Waals surface area (Å²) >= 11 is 9.06. The fourth-order valence-corrected chi connectivity index (χ4v) is 6.44. The van der Waals surface area contributed by atoms with Crippen molar-refractivity contribution in [3.8, 4) is 0 Å². The molecule has 0 radical (unpaired) electrons. The van der Waals surface area contributed by atoms with Gasteiger partial charge in [-0.05, 0) is 13.0 Å². The largest absolute Gasteiger partial charge is 0.244 e. The average Bonchev–Trinajstić information content (AvgIpc) is 2.71. The Morgan fingerprint density at radius 1 is 1.56 bits per heavy atom. The maximum absolute atomic E-state index is 12.6. The second-order valence-corrected chi connectivity index (χ2v) is 9.37. The van der Waals surface area contributed by atoms with Gasteiger partial charge in [0.15, 0.2) is 0 Å². The first-order valence-corrected chi connectivity index (χ1v) is 9.56. The van der Waals surface area contributed by atoms with Crippen molar-refractivity contribution >= 4 is 44.7 Å². The Hall–Kier alpha value is 0.250. The van der Waals surface area contributed by atoms with Crippen LogP contribution in [-0.2, 0) is 15.9 Å². The van der Waals surface area contributed by atoms with Gasteiger partial charge in [0, 0.05) is 33.8 Å². The lowest BCUT2D eigenvalue weighted by Crippen LogP contribution is -2.41. The van der Waals surface area contributed by atoms with Crippen LogP contribution in [0.2, 0.25) is 0 Å². The highest BCUT2D eigenvalue weighted by Gasteiger charge is 2.31. The molecule has 0 aromatic carbocycles. The summed E-state index contributed by atoms with van der Waals surface area (Å²) in [6.07, 6.45) is 0. The van der Waals surface area contributed by atoms with E-state index in [1.807, 2.05) is 18.7 Å². The fraction of sp³-hybridized carbons (Fsp3) is 0.636. The third kappa shape index (κ3) is 2.88. The average molecular weight is 326 g/mol. The van der Waals surface area contributed by atoms with Crippen molar-refractivity contribution in [2.75, 3.05) is 18.8 Å². The van der Waals surface area contributed by atoms with Gasteiger partial charge in [-0.1, -0.05) is 6.92 Å². The van der Waals surface area contributed by atoms with Crippen molar-refractivity contribution in [2.45, 2.75) is 29.9 Å². The molecule has 18 heavy (non-hydrogen) atoms. The first-order chi connectivity index (χ1) is 8.45. The van der Waals surface area contributed by atoms with E-state index in [2.05, 4.69) is 6.92 Å². The van der Waals surface area contributed by atoms with E-state index in [9.17, 15) is 8.42 Å². The lowest BCUT2D eigenvalue weighted by atomic mass is 10.4. The molecule has 7 heteroatoms. The van der Waals surface area contributed by atoms with Gasteiger partial charge < -0.3 is 0 Å². The summed E-state index contributed by atoms with van der Waals surface area (Å²) in [6.45, 7) is 5.11. The highest BCUT2D eigenvalue weighted by Crippen LogP contribution is 2.31. The minimum absolute atomic E-state index is 0.361. The molecule has 0 spiro atoms. The number of thioether (sulfide) groups is 1. The maximum atomic E-state index is 12.6. The molecule has 1 aromatic rings. The van der Waals surface area contributed by atoms with Crippen molar-refractivity contribution < 1.29 is 8.42 Å². The molecule has 1 atom stereocenters. The van der Waals surface area contributed by atoms with Crippen molar-refractivity contribution in [1.82, 2.24) is 4.31 Å². The molecule has 2 rings (SSSR count). The monoisotopic (exact) mass is 325 g/mol. The van der Waals surface area contributed by atoms with E-state index >= 15 is 0 Å². The van der Waals surface area contributed by atoms with Gasteiger partial charge in [-0.15, -0.1) is 22.9 Å². The van der Waals surface area contributed by atoms with E-state index in [1.165, 1.54) is 11.3 Å². The number of hydrogen-bond donors (Lipinski definition) is 0. The summed E-state index contributed by atoms with van der Waals surface area (Å²) in [5, 5.41) is 0.361. The molecule has 3 nitrogen and oxygen atoms in total. The SMILES string of the molecule is Cc1sc(CCl)cc1S(=O)(=O)N1CCSC(C)C1. The first-order valence-electron chi connectivity index (χ1n) is 5.72. The Kier molecular flexibility index (Phi) is 4.65. The quantitative estimate of drug-likeness (QED) is 0.802. The van der Waals surface area contributed by atoms with Crippen LogP contribution in [0.5, 0.6) is 0 Å². The third-order valence-corrected chi connectivity index (χ3v) is 7.63. The third-order valence-electron chi connectivity index (χ3n) is 2.88. The van der Waals surface area contributed by atoms with Gasteiger partial charge >= 0.3 is 0 Å². The summed E-state index contributed by atoms with van der Waals surface area (Å²) in [5.41, 5.74) is 0. The molecule has 2 heterocycles. The molecular weight excluding hydrogens is 310 g/mol. The van der Waals surface area contributed by atoms with Gasteiger partial charge in [-0.25, -0.2) is 8.42 Å². The highest BCUT2D eigenvalue weighted by atomic mass is 35.5. The van der Waals surface area contributed by atoms with Gasteiger partial charge in [0.05, 0.1) is 10.8 Å². The van der Waals surface area contributed by atoms with Crippen LogP contribution < -0.4 is 0 Å². The molecule has 1 saturated heterocycles. The van der Waals surface area contributed by atoms with Gasteiger partial charge in [0.1, 0.15) is 0 Å². The molecule has 1 aromatic heterocycles. The van der Waals surface area contributed by atoms with Crippen LogP contribution >= 0.6 is 34.7 Å². The summed E-state index contributed by atoms with van der Waals surface area (Å²) in [5.74, 6) is 1.24. The van der Waals surface area contributed by atoms with Crippen molar-refractivity contribution in [3.63, 3.8) is 0 Å². The molecule has 1 fully saturated rings. The molecule has 0 N–H and O–H groups in total. The molecule has 1 unspecified atom stereocenters. The van der Waals surface area contributed by atoms with Crippen molar-refractivity contribution in [3.05, 3.63) is 15.8 Å². The number of alkyl halides is 1. The number of aryl methyl sites for hydroxylation is 1. The second kappa shape index (κ2) is 5.71. The summed E-state index contributed by atoms with van der Waals surface area (Å²) < 4.78 is 26.7. The number of nitrogens with zero attached hydrogens (tertiary/aromatic N) is 1. The Labute approximate surface area is 122 Å². The Bertz CT molecular complexity index is 526. The van der Waals surface area contributed by atoms with Crippen LogP contribution in [0.3, 0.4) is 0 Å². The van der Waals surface area contributed by atoms with Crippen LogP contribution in [0.25, 0.3) is 0 Å². The van der Waals surface area contributed by atoms with Crippen molar-refractivity contribution in [1.29, 1.82) is 0 Å². The zero-order chi connectivity index (χ0) is 13.3.